The maximum atomic E-state index is 12.4. The summed E-state index contributed by atoms with van der Waals surface area (Å²) in [7, 11) is 3.31. The summed E-state index contributed by atoms with van der Waals surface area (Å²) in [5, 5.41) is 5.64. The molecule has 1 unspecified atom stereocenters. The standard InChI is InChI=1S/C18H26N4O3/c1-13(18(25)22(3)12-17(24)20-15-9-10-15)21(2)11-16(23)19-14-7-5-4-6-8-14/h4-8,13,15H,9-12H2,1-3H3,(H,19,23)(H,20,24). The Balaban J connectivity index is 1.78. The molecule has 0 saturated heterocycles. The lowest BCUT2D eigenvalue weighted by molar-refractivity contribution is -0.138. The number of nitrogens with zero attached hydrogens (tertiary/aromatic N) is 2. The van der Waals surface area contributed by atoms with Gasteiger partial charge in [0.1, 0.15) is 0 Å². The Hall–Kier alpha value is -2.41. The van der Waals surface area contributed by atoms with Crippen molar-refractivity contribution in [1.82, 2.24) is 15.1 Å². The third kappa shape index (κ3) is 6.19. The van der Waals surface area contributed by atoms with Gasteiger partial charge in [-0.2, -0.15) is 0 Å². The molecular formula is C18H26N4O3. The van der Waals surface area contributed by atoms with E-state index in [1.54, 1.807) is 38.1 Å². The zero-order valence-corrected chi connectivity index (χ0v) is 15.0. The molecule has 1 atom stereocenters. The highest BCUT2D eigenvalue weighted by atomic mass is 16.2. The van der Waals surface area contributed by atoms with Crippen LogP contribution in [0.15, 0.2) is 30.3 Å². The van der Waals surface area contributed by atoms with Crippen molar-refractivity contribution in [2.24, 2.45) is 0 Å². The van der Waals surface area contributed by atoms with Crippen molar-refractivity contribution >= 4 is 23.4 Å². The normalized spacial score (nSPS) is 14.7. The molecule has 1 saturated carbocycles. The highest BCUT2D eigenvalue weighted by Gasteiger charge is 2.27. The average molecular weight is 346 g/mol. The topological polar surface area (TPSA) is 81.8 Å². The number of rotatable bonds is 8. The minimum absolute atomic E-state index is 0.0315. The maximum Gasteiger partial charge on any atom is 0.239 e. The van der Waals surface area contributed by atoms with Crippen LogP contribution in [0.25, 0.3) is 0 Å². The van der Waals surface area contributed by atoms with Crippen LogP contribution in [0.2, 0.25) is 0 Å². The van der Waals surface area contributed by atoms with E-state index in [0.717, 1.165) is 12.8 Å². The van der Waals surface area contributed by atoms with Crippen LogP contribution in [0.1, 0.15) is 19.8 Å². The van der Waals surface area contributed by atoms with Gasteiger partial charge < -0.3 is 15.5 Å². The van der Waals surface area contributed by atoms with Crippen molar-refractivity contribution in [3.05, 3.63) is 30.3 Å². The van der Waals surface area contributed by atoms with Crippen LogP contribution in [-0.2, 0) is 14.4 Å². The van der Waals surface area contributed by atoms with Gasteiger partial charge in [-0.25, -0.2) is 0 Å². The van der Waals surface area contributed by atoms with E-state index in [-0.39, 0.29) is 36.9 Å². The molecular weight excluding hydrogens is 320 g/mol. The first-order chi connectivity index (χ1) is 11.9. The van der Waals surface area contributed by atoms with Crippen molar-refractivity contribution in [2.45, 2.75) is 31.8 Å². The number of anilines is 1. The number of amides is 3. The summed E-state index contributed by atoms with van der Waals surface area (Å²) in [6.07, 6.45) is 2.03. The lowest BCUT2D eigenvalue weighted by atomic mass is 10.2. The largest absolute Gasteiger partial charge is 0.352 e. The first-order valence-electron chi connectivity index (χ1n) is 8.46. The molecule has 25 heavy (non-hydrogen) atoms. The van der Waals surface area contributed by atoms with Gasteiger partial charge >= 0.3 is 0 Å². The zero-order valence-electron chi connectivity index (χ0n) is 15.0. The lowest BCUT2D eigenvalue weighted by Gasteiger charge is -2.27. The Morgan fingerprint density at radius 3 is 2.32 bits per heavy atom. The molecule has 0 aromatic heterocycles. The molecule has 0 heterocycles. The number of nitrogens with one attached hydrogen (secondary N) is 2. The lowest BCUT2D eigenvalue weighted by Crippen LogP contribution is -2.49. The molecule has 1 aliphatic carbocycles. The van der Waals surface area contributed by atoms with E-state index in [0.29, 0.717) is 5.69 Å². The van der Waals surface area contributed by atoms with Gasteiger partial charge in [-0.15, -0.1) is 0 Å². The molecule has 1 aliphatic rings. The van der Waals surface area contributed by atoms with E-state index in [1.807, 2.05) is 18.2 Å². The van der Waals surface area contributed by atoms with Gasteiger partial charge in [-0.05, 0) is 38.9 Å². The molecule has 0 bridgehead atoms. The molecule has 0 radical (unpaired) electrons. The van der Waals surface area contributed by atoms with E-state index < -0.39 is 6.04 Å². The van der Waals surface area contributed by atoms with E-state index >= 15 is 0 Å². The third-order valence-corrected chi connectivity index (χ3v) is 4.17. The minimum atomic E-state index is -0.500. The average Bonchev–Trinajstić information content (AvgIpc) is 3.37. The van der Waals surface area contributed by atoms with Gasteiger partial charge in [-0.1, -0.05) is 18.2 Å². The van der Waals surface area contributed by atoms with Crippen molar-refractivity contribution in [1.29, 1.82) is 0 Å². The monoisotopic (exact) mass is 346 g/mol. The minimum Gasteiger partial charge on any atom is -0.352 e. The van der Waals surface area contributed by atoms with Gasteiger partial charge in [0.25, 0.3) is 0 Å². The predicted molar refractivity (Wildman–Crippen MR) is 96.0 cm³/mol. The Labute approximate surface area is 148 Å². The molecule has 1 aromatic rings. The SMILES string of the molecule is CC(C(=O)N(C)CC(=O)NC1CC1)N(C)CC(=O)Nc1ccccc1. The van der Waals surface area contributed by atoms with Crippen LogP contribution >= 0.6 is 0 Å². The number of carbonyl (C=O) groups is 3. The molecule has 1 fully saturated rings. The summed E-state index contributed by atoms with van der Waals surface area (Å²) in [6, 6.07) is 8.94. The van der Waals surface area contributed by atoms with E-state index in [4.69, 9.17) is 0 Å². The quantitative estimate of drug-likeness (QED) is 0.725. The van der Waals surface area contributed by atoms with Crippen LogP contribution in [0, 0.1) is 0 Å². The second kappa shape index (κ2) is 8.62. The molecule has 1 aromatic carbocycles. The second-order valence-corrected chi connectivity index (χ2v) is 6.54. The number of para-hydroxylation sites is 1. The molecule has 0 aliphatic heterocycles. The van der Waals surface area contributed by atoms with Gasteiger partial charge in [-0.3, -0.25) is 19.3 Å². The molecule has 0 spiro atoms. The van der Waals surface area contributed by atoms with Crippen LogP contribution in [0.5, 0.6) is 0 Å². The first-order valence-corrected chi connectivity index (χ1v) is 8.46. The van der Waals surface area contributed by atoms with E-state index in [2.05, 4.69) is 10.6 Å². The third-order valence-electron chi connectivity index (χ3n) is 4.17. The maximum absolute atomic E-state index is 12.4. The smallest absolute Gasteiger partial charge is 0.239 e. The van der Waals surface area contributed by atoms with Gasteiger partial charge in [0.2, 0.25) is 17.7 Å². The molecule has 136 valence electrons. The number of benzene rings is 1. The van der Waals surface area contributed by atoms with Crippen LogP contribution < -0.4 is 10.6 Å². The highest BCUT2D eigenvalue weighted by molar-refractivity contribution is 5.93. The van der Waals surface area contributed by atoms with Gasteiger partial charge in [0, 0.05) is 18.8 Å². The number of hydrogen-bond donors (Lipinski definition) is 2. The van der Waals surface area contributed by atoms with E-state index in [1.165, 1.54) is 4.90 Å². The van der Waals surface area contributed by atoms with Crippen molar-refractivity contribution < 1.29 is 14.4 Å². The summed E-state index contributed by atoms with van der Waals surface area (Å²) < 4.78 is 0. The van der Waals surface area contributed by atoms with Crippen molar-refractivity contribution in [3.8, 4) is 0 Å². The Morgan fingerprint density at radius 2 is 1.72 bits per heavy atom. The first kappa shape index (κ1) is 18.9. The summed E-state index contributed by atoms with van der Waals surface area (Å²) >= 11 is 0. The van der Waals surface area contributed by atoms with Crippen molar-refractivity contribution in [3.63, 3.8) is 0 Å². The molecule has 3 amide bonds. The zero-order chi connectivity index (χ0) is 18.4. The molecule has 2 N–H and O–H groups in total. The molecule has 2 rings (SSSR count). The summed E-state index contributed by atoms with van der Waals surface area (Å²) in [5.74, 6) is -0.529. The Bertz CT molecular complexity index is 616. The fourth-order valence-electron chi connectivity index (χ4n) is 2.39. The van der Waals surface area contributed by atoms with Crippen LogP contribution in [-0.4, -0.2) is 66.8 Å². The van der Waals surface area contributed by atoms with Crippen LogP contribution in [0.3, 0.4) is 0 Å². The van der Waals surface area contributed by atoms with Gasteiger partial charge in [0.05, 0.1) is 19.1 Å². The summed E-state index contributed by atoms with van der Waals surface area (Å²) in [4.78, 5) is 39.4. The highest BCUT2D eigenvalue weighted by Crippen LogP contribution is 2.18. The van der Waals surface area contributed by atoms with E-state index in [9.17, 15) is 14.4 Å². The number of hydrogen-bond acceptors (Lipinski definition) is 4. The second-order valence-electron chi connectivity index (χ2n) is 6.54. The van der Waals surface area contributed by atoms with Crippen molar-refractivity contribution in [2.75, 3.05) is 32.5 Å². The Kier molecular flexibility index (Phi) is 6.52. The molecule has 7 nitrogen and oxygen atoms in total. The molecule has 7 heteroatoms. The number of likely N-dealkylation sites (N-methyl/N-ethyl adjacent to an activating group) is 2. The van der Waals surface area contributed by atoms with Gasteiger partial charge in [0.15, 0.2) is 0 Å². The number of carbonyl (C=O) groups excluding carboxylic acids is 3. The van der Waals surface area contributed by atoms with Crippen LogP contribution in [0.4, 0.5) is 5.69 Å². The Morgan fingerprint density at radius 1 is 1.08 bits per heavy atom. The summed E-state index contributed by atoms with van der Waals surface area (Å²) in [5.41, 5.74) is 0.716. The predicted octanol–water partition coefficient (Wildman–Crippen LogP) is 0.682. The fourth-order valence-corrected chi connectivity index (χ4v) is 2.39. The fraction of sp³-hybridized carbons (Fsp3) is 0.500. The summed E-state index contributed by atoms with van der Waals surface area (Å²) in [6.45, 7) is 1.85.